The highest BCUT2D eigenvalue weighted by atomic mass is 15.3. The lowest BCUT2D eigenvalue weighted by Gasteiger charge is -2.26. The number of aromatic nitrogens is 2. The molecule has 4 nitrogen and oxygen atoms in total. The standard InChI is InChI=1S/C27H34N4/c1-4-21-10-12-22(13-11-21)17-30-16-20(3)25(18-30)26-14-19(2)24-15-28-31(27(24)29-26)23-8-6-5-7-9-23/h10-13,15,23,25H,2-9,14,16-18H2,1H3/t25-/m1/s1. The molecule has 4 heteroatoms. The summed E-state index contributed by atoms with van der Waals surface area (Å²) in [6.07, 6.45) is 10.3. The summed E-state index contributed by atoms with van der Waals surface area (Å²) in [4.78, 5) is 7.70. The Morgan fingerprint density at radius 1 is 1.03 bits per heavy atom. The molecule has 1 saturated heterocycles. The largest absolute Gasteiger partial charge is 0.294 e. The zero-order chi connectivity index (χ0) is 21.4. The summed E-state index contributed by atoms with van der Waals surface area (Å²) in [5, 5.41) is 4.75. The predicted molar refractivity (Wildman–Crippen MR) is 129 cm³/mol. The molecule has 0 unspecified atom stereocenters. The van der Waals surface area contributed by atoms with E-state index < -0.39 is 0 Å². The average Bonchev–Trinajstić information content (AvgIpc) is 3.38. The number of nitrogens with zero attached hydrogens (tertiary/aromatic N) is 4. The second-order valence-electron chi connectivity index (χ2n) is 9.55. The van der Waals surface area contributed by atoms with Crippen LogP contribution in [-0.4, -0.2) is 33.5 Å². The highest BCUT2D eigenvalue weighted by Gasteiger charge is 2.33. The van der Waals surface area contributed by atoms with E-state index in [0.717, 1.165) is 49.4 Å². The number of aryl methyl sites for hydroxylation is 1. The van der Waals surface area contributed by atoms with Gasteiger partial charge in [-0.25, -0.2) is 9.67 Å². The highest BCUT2D eigenvalue weighted by Crippen LogP contribution is 2.40. The van der Waals surface area contributed by atoms with Crippen molar-refractivity contribution in [3.8, 4) is 0 Å². The van der Waals surface area contributed by atoms with E-state index in [9.17, 15) is 0 Å². The second kappa shape index (κ2) is 8.58. The van der Waals surface area contributed by atoms with Crippen LogP contribution in [0.3, 0.4) is 0 Å². The van der Waals surface area contributed by atoms with Gasteiger partial charge in [0.2, 0.25) is 0 Å². The van der Waals surface area contributed by atoms with Crippen LogP contribution in [0.15, 0.2) is 54.2 Å². The van der Waals surface area contributed by atoms with E-state index in [1.807, 2.05) is 6.20 Å². The number of fused-ring (bicyclic) bond motifs is 1. The number of likely N-dealkylation sites (tertiary alicyclic amines) is 1. The summed E-state index contributed by atoms with van der Waals surface area (Å²) in [5.41, 5.74) is 7.58. The molecule has 1 saturated carbocycles. The molecule has 2 aromatic rings. The summed E-state index contributed by atoms with van der Waals surface area (Å²) in [7, 11) is 0. The smallest absolute Gasteiger partial charge is 0.158 e. The normalized spacial score (nSPS) is 22.6. The van der Waals surface area contributed by atoms with Gasteiger partial charge >= 0.3 is 0 Å². The fourth-order valence-electron chi connectivity index (χ4n) is 5.45. The van der Waals surface area contributed by atoms with E-state index in [-0.39, 0.29) is 0 Å². The number of aliphatic imine (C=N–C) groups is 1. The summed E-state index contributed by atoms with van der Waals surface area (Å²) < 4.78 is 2.20. The first kappa shape index (κ1) is 20.4. The molecule has 0 N–H and O–H groups in total. The van der Waals surface area contributed by atoms with E-state index in [4.69, 9.17) is 10.1 Å². The minimum Gasteiger partial charge on any atom is -0.294 e. The van der Waals surface area contributed by atoms with E-state index in [0.29, 0.717) is 12.0 Å². The third-order valence-corrected chi connectivity index (χ3v) is 7.31. The van der Waals surface area contributed by atoms with Crippen molar-refractivity contribution in [2.75, 3.05) is 13.1 Å². The van der Waals surface area contributed by atoms with E-state index >= 15 is 0 Å². The molecule has 2 aliphatic heterocycles. The van der Waals surface area contributed by atoms with Gasteiger partial charge in [0.25, 0.3) is 0 Å². The lowest BCUT2D eigenvalue weighted by molar-refractivity contribution is 0.328. The van der Waals surface area contributed by atoms with Crippen LogP contribution in [0.5, 0.6) is 0 Å². The van der Waals surface area contributed by atoms with Gasteiger partial charge in [0.05, 0.1) is 12.2 Å². The van der Waals surface area contributed by atoms with Crippen molar-refractivity contribution >= 4 is 17.1 Å². The van der Waals surface area contributed by atoms with E-state index in [1.165, 1.54) is 54.5 Å². The SMILES string of the molecule is C=C1CC([C@@H]2CN(Cc3ccc(CC)cc3)CC2=C)=Nc2c1cnn2C1CCCCC1. The molecular weight excluding hydrogens is 380 g/mol. The summed E-state index contributed by atoms with van der Waals surface area (Å²) >= 11 is 0. The Labute approximate surface area is 186 Å². The average molecular weight is 415 g/mol. The fraction of sp³-hybridized carbons (Fsp3) is 0.481. The molecule has 31 heavy (non-hydrogen) atoms. The lowest BCUT2D eigenvalue weighted by Crippen LogP contribution is -2.24. The summed E-state index contributed by atoms with van der Waals surface area (Å²) in [6.45, 7) is 13.9. The highest BCUT2D eigenvalue weighted by molar-refractivity contribution is 6.02. The number of hydrogen-bond acceptors (Lipinski definition) is 3. The van der Waals surface area contributed by atoms with Crippen LogP contribution in [0.4, 0.5) is 5.82 Å². The Kier molecular flexibility index (Phi) is 5.66. The molecule has 1 aromatic heterocycles. The van der Waals surface area contributed by atoms with Gasteiger partial charge in [-0.3, -0.25) is 4.90 Å². The lowest BCUT2D eigenvalue weighted by atomic mass is 9.89. The maximum atomic E-state index is 5.20. The molecule has 3 aliphatic rings. The van der Waals surface area contributed by atoms with Crippen LogP contribution in [0.1, 0.15) is 68.2 Å². The molecule has 1 aromatic carbocycles. The van der Waals surface area contributed by atoms with Gasteiger partial charge in [-0.15, -0.1) is 0 Å². The van der Waals surface area contributed by atoms with Crippen molar-refractivity contribution in [1.29, 1.82) is 0 Å². The first-order chi connectivity index (χ1) is 15.1. The Hall–Kier alpha value is -2.46. The van der Waals surface area contributed by atoms with Gasteiger partial charge in [0, 0.05) is 43.2 Å². The molecule has 0 spiro atoms. The Morgan fingerprint density at radius 3 is 2.52 bits per heavy atom. The molecule has 0 amide bonds. The van der Waals surface area contributed by atoms with Crippen molar-refractivity contribution in [1.82, 2.24) is 14.7 Å². The van der Waals surface area contributed by atoms with Crippen LogP contribution < -0.4 is 0 Å². The van der Waals surface area contributed by atoms with Gasteiger partial charge in [0.1, 0.15) is 0 Å². The maximum Gasteiger partial charge on any atom is 0.158 e. The fourth-order valence-corrected chi connectivity index (χ4v) is 5.45. The third-order valence-electron chi connectivity index (χ3n) is 7.31. The van der Waals surface area contributed by atoms with Crippen LogP contribution in [0.25, 0.3) is 5.57 Å². The van der Waals surface area contributed by atoms with Gasteiger partial charge < -0.3 is 0 Å². The Bertz CT molecular complexity index is 1000. The monoisotopic (exact) mass is 414 g/mol. The Balaban J connectivity index is 1.35. The number of hydrogen-bond donors (Lipinski definition) is 0. The summed E-state index contributed by atoms with van der Waals surface area (Å²) in [5.74, 6) is 1.36. The van der Waals surface area contributed by atoms with Gasteiger partial charge in [-0.2, -0.15) is 5.10 Å². The van der Waals surface area contributed by atoms with Crippen molar-refractivity contribution < 1.29 is 0 Å². The Morgan fingerprint density at radius 2 is 1.77 bits per heavy atom. The van der Waals surface area contributed by atoms with E-state index in [2.05, 4.69) is 53.9 Å². The van der Waals surface area contributed by atoms with Crippen LogP contribution in [-0.2, 0) is 13.0 Å². The number of allylic oxidation sites excluding steroid dienone is 1. The van der Waals surface area contributed by atoms with Crippen molar-refractivity contribution in [3.63, 3.8) is 0 Å². The van der Waals surface area contributed by atoms with Crippen molar-refractivity contribution in [2.24, 2.45) is 10.9 Å². The molecule has 1 atom stereocenters. The molecule has 5 rings (SSSR count). The number of rotatable bonds is 5. The number of benzene rings is 1. The topological polar surface area (TPSA) is 33.4 Å². The van der Waals surface area contributed by atoms with Crippen LogP contribution in [0, 0.1) is 5.92 Å². The van der Waals surface area contributed by atoms with Gasteiger partial charge in [-0.1, -0.05) is 69.2 Å². The maximum absolute atomic E-state index is 5.20. The molecule has 2 fully saturated rings. The minimum absolute atomic E-state index is 0.314. The molecule has 1 aliphatic carbocycles. The third kappa shape index (κ3) is 4.06. The zero-order valence-electron chi connectivity index (χ0n) is 18.8. The first-order valence-electron chi connectivity index (χ1n) is 11.9. The van der Waals surface area contributed by atoms with Crippen molar-refractivity contribution in [2.45, 2.75) is 64.5 Å². The van der Waals surface area contributed by atoms with Gasteiger partial charge in [0.15, 0.2) is 5.82 Å². The molecular formula is C27H34N4. The zero-order valence-corrected chi connectivity index (χ0v) is 18.8. The summed E-state index contributed by atoms with van der Waals surface area (Å²) in [6, 6.07) is 9.53. The first-order valence-corrected chi connectivity index (χ1v) is 11.9. The van der Waals surface area contributed by atoms with Crippen LogP contribution in [0.2, 0.25) is 0 Å². The predicted octanol–water partition coefficient (Wildman–Crippen LogP) is 6.13. The second-order valence-corrected chi connectivity index (χ2v) is 9.55. The van der Waals surface area contributed by atoms with Crippen molar-refractivity contribution in [3.05, 3.63) is 65.9 Å². The molecule has 162 valence electrons. The molecule has 0 bridgehead atoms. The molecule has 3 heterocycles. The van der Waals surface area contributed by atoms with Crippen LogP contribution >= 0.6 is 0 Å². The minimum atomic E-state index is 0.314. The quantitative estimate of drug-likeness (QED) is 0.552. The van der Waals surface area contributed by atoms with E-state index in [1.54, 1.807) is 0 Å². The molecule has 0 radical (unpaired) electrons. The van der Waals surface area contributed by atoms with Gasteiger partial charge in [-0.05, 0) is 36.0 Å².